The van der Waals surface area contributed by atoms with Crippen LogP contribution in [0.15, 0.2) is 72.0 Å². The lowest BCUT2D eigenvalue weighted by Gasteiger charge is -1.86. The summed E-state index contributed by atoms with van der Waals surface area (Å²) < 4.78 is 4.75. The Morgan fingerprint density at radius 3 is 1.58 bits per heavy atom. The van der Waals surface area contributed by atoms with Crippen molar-refractivity contribution in [3.05, 3.63) is 96.2 Å². The Kier molecular flexibility index (Phi) is 4.86. The summed E-state index contributed by atoms with van der Waals surface area (Å²) in [4.78, 5) is 19.8. The highest BCUT2D eigenvalue weighted by Crippen LogP contribution is 2.17. The first-order valence-electron chi connectivity index (χ1n) is 9.80. The molecule has 2 aliphatic heterocycles. The third-order valence-electron chi connectivity index (χ3n) is 4.67. The minimum atomic E-state index is 0.569. The van der Waals surface area contributed by atoms with Gasteiger partial charge in [-0.1, -0.05) is 6.58 Å². The predicted octanol–water partition coefficient (Wildman–Crippen LogP) is 5.97. The highest BCUT2D eigenvalue weighted by atomic mass is 16.3. The van der Waals surface area contributed by atoms with Gasteiger partial charge in [0.05, 0.1) is 29.0 Å². The summed E-state index contributed by atoms with van der Waals surface area (Å²) in [5.41, 5.74) is 7.86. The van der Waals surface area contributed by atoms with E-state index < -0.39 is 0 Å². The van der Waals surface area contributed by atoms with E-state index in [1.807, 2.05) is 42.5 Å². The van der Waals surface area contributed by atoms with E-state index in [9.17, 15) is 0 Å². The number of hydrogen-bond donors (Lipinski definition) is 2. The lowest BCUT2D eigenvalue weighted by molar-refractivity contribution is 0.546. The maximum Gasteiger partial charge on any atom is 0.217 e. The zero-order valence-corrected chi connectivity index (χ0v) is 16.6. The number of aromatic nitrogens is 5. The van der Waals surface area contributed by atoms with Crippen LogP contribution in [0.4, 0.5) is 0 Å². The number of nitrogens with one attached hydrogen (secondary N) is 2. The van der Waals surface area contributed by atoms with Crippen molar-refractivity contribution >= 4 is 52.4 Å². The summed E-state index contributed by atoms with van der Waals surface area (Å²) in [6.45, 7) is 3.45. The molecule has 6 rings (SSSR count). The van der Waals surface area contributed by atoms with Gasteiger partial charge in [-0.25, -0.2) is 15.0 Å². The number of aromatic amines is 2. The Labute approximate surface area is 178 Å². The molecule has 6 heterocycles. The molecule has 4 aromatic heterocycles. The number of rotatable bonds is 1. The van der Waals surface area contributed by atoms with Crippen molar-refractivity contribution in [1.82, 2.24) is 24.9 Å². The van der Waals surface area contributed by atoms with Crippen LogP contribution >= 0.6 is 0 Å². The van der Waals surface area contributed by atoms with Gasteiger partial charge in [-0.05, 0) is 78.9 Å². The summed E-state index contributed by atoms with van der Waals surface area (Å²) in [6, 6.07) is 16.4. The number of nitrogens with zero attached hydrogens (tertiary/aromatic N) is 3. The van der Waals surface area contributed by atoms with Gasteiger partial charge in [-0.15, -0.1) is 0 Å². The van der Waals surface area contributed by atoms with Crippen molar-refractivity contribution in [3.8, 4) is 0 Å². The molecule has 0 aliphatic carbocycles. The largest absolute Gasteiger partial charge is 0.445 e. The van der Waals surface area contributed by atoms with Crippen molar-refractivity contribution in [1.29, 1.82) is 0 Å². The second-order valence-corrected chi connectivity index (χ2v) is 6.98. The van der Waals surface area contributed by atoms with Crippen molar-refractivity contribution in [2.75, 3.05) is 0 Å². The minimum Gasteiger partial charge on any atom is -0.445 e. The first-order valence-corrected chi connectivity index (χ1v) is 9.80. The lowest BCUT2D eigenvalue weighted by atomic mass is 10.3. The number of hydrogen-bond acceptors (Lipinski definition) is 4. The van der Waals surface area contributed by atoms with Crippen LogP contribution in [-0.4, -0.2) is 24.9 Å². The minimum absolute atomic E-state index is 0.569. The topological polar surface area (TPSA) is 83.4 Å². The highest BCUT2D eigenvalue weighted by Gasteiger charge is 2.02. The molecule has 2 N–H and O–H groups in total. The molecule has 0 radical (unpaired) electrons. The molecule has 2 aliphatic rings. The van der Waals surface area contributed by atoms with Gasteiger partial charge in [0.25, 0.3) is 0 Å². The molecule has 0 amide bonds. The van der Waals surface area contributed by atoms with Crippen molar-refractivity contribution in [2.24, 2.45) is 0 Å². The van der Waals surface area contributed by atoms with Gasteiger partial charge < -0.3 is 14.4 Å². The van der Waals surface area contributed by atoms with Crippen LogP contribution in [0.25, 0.3) is 52.4 Å². The summed E-state index contributed by atoms with van der Waals surface area (Å²) >= 11 is 0. The van der Waals surface area contributed by atoms with Gasteiger partial charge in [-0.2, -0.15) is 0 Å². The zero-order chi connectivity index (χ0) is 21.0. The SMILES string of the molecule is C1=Cc2cc3ccc(cc4ccc(cc5nc(cc1n2)C=C5)[nH]4)[nH]3.C=Cc1ncco1. The van der Waals surface area contributed by atoms with E-state index in [1.165, 1.54) is 6.26 Å². The van der Waals surface area contributed by atoms with Gasteiger partial charge in [0.1, 0.15) is 6.26 Å². The van der Waals surface area contributed by atoms with Crippen LogP contribution in [-0.2, 0) is 0 Å². The Morgan fingerprint density at radius 2 is 1.16 bits per heavy atom. The van der Waals surface area contributed by atoms with Crippen LogP contribution in [0.1, 0.15) is 28.7 Å². The summed E-state index contributed by atoms with van der Waals surface area (Å²) in [5.74, 6) is 0.569. The normalized spacial score (nSPS) is 11.7. The first-order chi connectivity index (χ1) is 15.2. The molecule has 0 atom stereocenters. The molecule has 0 saturated heterocycles. The number of fused-ring (bicyclic) bond motifs is 8. The second kappa shape index (κ2) is 8.12. The van der Waals surface area contributed by atoms with Crippen LogP contribution in [0, 0.1) is 0 Å². The van der Waals surface area contributed by atoms with Gasteiger partial charge in [0.15, 0.2) is 0 Å². The smallest absolute Gasteiger partial charge is 0.217 e. The second-order valence-electron chi connectivity index (χ2n) is 6.98. The third kappa shape index (κ3) is 4.43. The quantitative estimate of drug-likeness (QED) is 0.353. The van der Waals surface area contributed by atoms with E-state index in [2.05, 4.69) is 61.8 Å². The fourth-order valence-electron chi connectivity index (χ4n) is 3.28. The van der Waals surface area contributed by atoms with Crippen molar-refractivity contribution in [2.45, 2.75) is 0 Å². The van der Waals surface area contributed by atoms with Gasteiger partial charge in [0.2, 0.25) is 5.89 Å². The lowest BCUT2D eigenvalue weighted by Crippen LogP contribution is -1.77. The Hall–Kier alpha value is -4.45. The third-order valence-corrected chi connectivity index (χ3v) is 4.67. The average Bonchev–Trinajstić information content (AvgIpc) is 3.57. The van der Waals surface area contributed by atoms with Crippen LogP contribution < -0.4 is 0 Å². The van der Waals surface area contributed by atoms with E-state index in [1.54, 1.807) is 12.3 Å². The molecular formula is C25H19N5O. The van der Waals surface area contributed by atoms with E-state index >= 15 is 0 Å². The molecule has 0 spiro atoms. The predicted molar refractivity (Wildman–Crippen MR) is 125 cm³/mol. The van der Waals surface area contributed by atoms with E-state index in [0.717, 1.165) is 44.8 Å². The molecule has 0 saturated carbocycles. The summed E-state index contributed by atoms with van der Waals surface area (Å²) in [5, 5.41) is 0. The number of oxazole rings is 1. The molecular weight excluding hydrogens is 386 g/mol. The molecule has 0 aromatic carbocycles. The molecule has 0 fully saturated rings. The van der Waals surface area contributed by atoms with Gasteiger partial charge in [-0.3, -0.25) is 0 Å². The molecule has 8 bridgehead atoms. The average molecular weight is 405 g/mol. The van der Waals surface area contributed by atoms with Crippen LogP contribution in [0.3, 0.4) is 0 Å². The maximum absolute atomic E-state index is 4.75. The summed E-state index contributed by atoms with van der Waals surface area (Å²) in [6.07, 6.45) is 12.7. The van der Waals surface area contributed by atoms with Gasteiger partial charge in [0, 0.05) is 22.1 Å². The fraction of sp³-hybridized carbons (Fsp3) is 0. The van der Waals surface area contributed by atoms with Gasteiger partial charge >= 0.3 is 0 Å². The highest BCUT2D eigenvalue weighted by molar-refractivity contribution is 5.77. The Balaban J connectivity index is 0.000000250. The molecule has 31 heavy (non-hydrogen) atoms. The molecule has 4 aromatic rings. The van der Waals surface area contributed by atoms with Crippen molar-refractivity contribution in [3.63, 3.8) is 0 Å². The van der Waals surface area contributed by atoms with E-state index in [4.69, 9.17) is 4.42 Å². The van der Waals surface area contributed by atoms with E-state index in [-0.39, 0.29) is 0 Å². The zero-order valence-electron chi connectivity index (χ0n) is 16.6. The van der Waals surface area contributed by atoms with Crippen LogP contribution in [0.2, 0.25) is 0 Å². The number of H-pyrrole nitrogens is 2. The monoisotopic (exact) mass is 405 g/mol. The first kappa shape index (κ1) is 18.6. The molecule has 0 unspecified atom stereocenters. The molecule has 150 valence electrons. The summed E-state index contributed by atoms with van der Waals surface area (Å²) in [7, 11) is 0. The fourth-order valence-corrected chi connectivity index (χ4v) is 3.28. The van der Waals surface area contributed by atoms with Crippen molar-refractivity contribution < 1.29 is 4.42 Å². The van der Waals surface area contributed by atoms with E-state index in [0.29, 0.717) is 5.89 Å². The Morgan fingerprint density at radius 1 is 0.677 bits per heavy atom. The van der Waals surface area contributed by atoms with Crippen LogP contribution in [0.5, 0.6) is 0 Å². The maximum atomic E-state index is 4.75. The standard InChI is InChI=1S/C20H14N4.C5H5NO/c1-2-14-10-16-5-6-18(23-16)12-20-8-7-19(24-20)11-17-4-3-15(22-17)9-13(1)21-14;1-2-5-6-3-4-7-5/h1-12,21-22H;2-4H,1H2. The Bertz CT molecular complexity index is 1360. The molecule has 6 heteroatoms. The molecule has 6 nitrogen and oxygen atoms in total.